The molecule has 0 aromatic carbocycles. The summed E-state index contributed by atoms with van der Waals surface area (Å²) in [5, 5.41) is 7.32. The van der Waals surface area contributed by atoms with Crippen LogP contribution >= 0.6 is 0 Å². The molecule has 0 unspecified atom stereocenters. The average molecular weight is 360 g/mol. The fourth-order valence-corrected chi connectivity index (χ4v) is 4.02. The molecule has 0 atom stereocenters. The smallest absolute Gasteiger partial charge is 0.274 e. The molecule has 142 valence electrons. The van der Waals surface area contributed by atoms with Crippen LogP contribution in [0.5, 0.6) is 0 Å². The maximum absolute atomic E-state index is 13.1. The van der Waals surface area contributed by atoms with E-state index >= 15 is 0 Å². The van der Waals surface area contributed by atoms with E-state index < -0.39 is 0 Å². The highest BCUT2D eigenvalue weighted by molar-refractivity contribution is 5.92. The maximum Gasteiger partial charge on any atom is 0.274 e. The Bertz CT molecular complexity index is 649. The largest absolute Gasteiger partial charge is 0.381 e. The molecule has 0 radical (unpaired) electrons. The van der Waals surface area contributed by atoms with Gasteiger partial charge in [-0.05, 0) is 44.6 Å². The Balaban J connectivity index is 1.40. The molecule has 1 aliphatic carbocycles. The first-order valence-corrected chi connectivity index (χ1v) is 9.94. The molecule has 1 aromatic heterocycles. The molecule has 7 nitrogen and oxygen atoms in total. The van der Waals surface area contributed by atoms with Crippen LogP contribution in [0.1, 0.15) is 67.0 Å². The summed E-state index contributed by atoms with van der Waals surface area (Å²) in [5.74, 6) is 0.810. The molecular formula is C19H28N4O3. The van der Waals surface area contributed by atoms with Gasteiger partial charge in [0.2, 0.25) is 5.91 Å². The van der Waals surface area contributed by atoms with Crippen molar-refractivity contribution in [1.29, 1.82) is 0 Å². The molecule has 2 amide bonds. The monoisotopic (exact) mass is 360 g/mol. The van der Waals surface area contributed by atoms with Crippen molar-refractivity contribution in [2.45, 2.75) is 56.9 Å². The van der Waals surface area contributed by atoms with Gasteiger partial charge in [-0.2, -0.15) is 5.10 Å². The van der Waals surface area contributed by atoms with Crippen molar-refractivity contribution in [2.24, 2.45) is 0 Å². The maximum atomic E-state index is 13.1. The standard InChI is InChI=1S/C19H28N4O3/c24-18-3-1-8-22(18)9-2-10-23(15-6-11-26-12-7-15)19(25)17-13-16(20-21-17)14-4-5-14/h13-15H,1-12H2,(H,20,21). The third-order valence-electron chi connectivity index (χ3n) is 5.72. The second-order valence-electron chi connectivity index (χ2n) is 7.66. The van der Waals surface area contributed by atoms with E-state index in [0.717, 1.165) is 44.5 Å². The lowest BCUT2D eigenvalue weighted by molar-refractivity contribution is -0.127. The lowest BCUT2D eigenvalue weighted by Gasteiger charge is -2.34. The third-order valence-corrected chi connectivity index (χ3v) is 5.72. The number of aromatic nitrogens is 2. The number of carbonyl (C=O) groups is 2. The van der Waals surface area contributed by atoms with Gasteiger partial charge in [-0.25, -0.2) is 0 Å². The molecule has 4 rings (SSSR count). The Morgan fingerprint density at radius 3 is 2.81 bits per heavy atom. The van der Waals surface area contributed by atoms with E-state index in [1.807, 2.05) is 15.9 Å². The van der Waals surface area contributed by atoms with Gasteiger partial charge in [0.15, 0.2) is 0 Å². The van der Waals surface area contributed by atoms with Crippen molar-refractivity contribution in [3.63, 3.8) is 0 Å². The summed E-state index contributed by atoms with van der Waals surface area (Å²) in [6, 6.07) is 2.13. The van der Waals surface area contributed by atoms with E-state index in [-0.39, 0.29) is 17.9 Å². The number of ether oxygens (including phenoxy) is 1. The van der Waals surface area contributed by atoms with Crippen molar-refractivity contribution in [3.8, 4) is 0 Å². The Kier molecular flexibility index (Phi) is 5.24. The molecule has 3 aliphatic rings. The van der Waals surface area contributed by atoms with E-state index in [1.165, 1.54) is 12.8 Å². The average Bonchev–Trinajstić information content (AvgIpc) is 3.25. The number of nitrogens with zero attached hydrogens (tertiary/aromatic N) is 3. The van der Waals surface area contributed by atoms with Crippen molar-refractivity contribution >= 4 is 11.8 Å². The normalized spacial score (nSPS) is 21.4. The number of aromatic amines is 1. The predicted octanol–water partition coefficient (Wildman–Crippen LogP) is 1.92. The van der Waals surface area contributed by atoms with Crippen molar-refractivity contribution < 1.29 is 14.3 Å². The molecule has 2 saturated heterocycles. The van der Waals surface area contributed by atoms with Gasteiger partial charge < -0.3 is 14.5 Å². The zero-order valence-electron chi connectivity index (χ0n) is 15.3. The number of nitrogens with one attached hydrogen (secondary N) is 1. The second kappa shape index (κ2) is 7.78. The van der Waals surface area contributed by atoms with Gasteiger partial charge >= 0.3 is 0 Å². The first kappa shape index (κ1) is 17.5. The molecule has 0 bridgehead atoms. The Labute approximate surface area is 154 Å². The SMILES string of the molecule is O=C1CCCN1CCCN(C(=O)c1cc(C2CC2)[nH]n1)C1CCOCC1. The number of H-pyrrole nitrogens is 1. The fraction of sp³-hybridized carbons (Fsp3) is 0.737. The van der Waals surface area contributed by atoms with Crippen LogP contribution in [0.3, 0.4) is 0 Å². The van der Waals surface area contributed by atoms with Gasteiger partial charge in [-0.3, -0.25) is 14.7 Å². The van der Waals surface area contributed by atoms with Crippen LogP contribution in [0.15, 0.2) is 6.07 Å². The number of likely N-dealkylation sites (tertiary alicyclic amines) is 1. The van der Waals surface area contributed by atoms with Crippen LogP contribution < -0.4 is 0 Å². The topological polar surface area (TPSA) is 78.5 Å². The number of hydrogen-bond donors (Lipinski definition) is 1. The van der Waals surface area contributed by atoms with Crippen molar-refractivity contribution in [3.05, 3.63) is 17.5 Å². The number of rotatable bonds is 7. The second-order valence-corrected chi connectivity index (χ2v) is 7.66. The number of carbonyl (C=O) groups excluding carboxylic acids is 2. The summed E-state index contributed by atoms with van der Waals surface area (Å²) in [6.45, 7) is 3.66. The highest BCUT2D eigenvalue weighted by atomic mass is 16.5. The highest BCUT2D eigenvalue weighted by Crippen LogP contribution is 2.39. The summed E-state index contributed by atoms with van der Waals surface area (Å²) in [5.41, 5.74) is 1.61. The minimum absolute atomic E-state index is 0.00722. The minimum Gasteiger partial charge on any atom is -0.381 e. The van der Waals surface area contributed by atoms with Gasteiger partial charge in [0.25, 0.3) is 5.91 Å². The Morgan fingerprint density at radius 1 is 1.31 bits per heavy atom. The molecule has 0 spiro atoms. The molecule has 2 aliphatic heterocycles. The Hall–Kier alpha value is -1.89. The Morgan fingerprint density at radius 2 is 2.12 bits per heavy atom. The summed E-state index contributed by atoms with van der Waals surface area (Å²) in [4.78, 5) is 28.8. The molecule has 1 N–H and O–H groups in total. The molecule has 3 heterocycles. The van der Waals surface area contributed by atoms with Gasteiger partial charge in [-0.15, -0.1) is 0 Å². The predicted molar refractivity (Wildman–Crippen MR) is 95.9 cm³/mol. The van der Waals surface area contributed by atoms with E-state index in [1.54, 1.807) is 0 Å². The van der Waals surface area contributed by atoms with Crippen LogP contribution in [0.4, 0.5) is 0 Å². The molecule has 1 saturated carbocycles. The first-order chi connectivity index (χ1) is 12.7. The zero-order valence-corrected chi connectivity index (χ0v) is 15.3. The lowest BCUT2D eigenvalue weighted by Crippen LogP contribution is -2.45. The molecule has 1 aromatic rings. The summed E-state index contributed by atoms with van der Waals surface area (Å²) in [7, 11) is 0. The van der Waals surface area contributed by atoms with Crippen LogP contribution in [0, 0.1) is 0 Å². The van der Waals surface area contributed by atoms with E-state index in [9.17, 15) is 9.59 Å². The van der Waals surface area contributed by atoms with E-state index in [4.69, 9.17) is 4.74 Å². The van der Waals surface area contributed by atoms with E-state index in [0.29, 0.717) is 37.8 Å². The number of amides is 2. The molecular weight excluding hydrogens is 332 g/mol. The zero-order chi connectivity index (χ0) is 17.9. The highest BCUT2D eigenvalue weighted by Gasteiger charge is 2.31. The lowest BCUT2D eigenvalue weighted by atomic mass is 10.1. The third kappa shape index (κ3) is 3.92. The van der Waals surface area contributed by atoms with Crippen LogP contribution in [0.25, 0.3) is 0 Å². The van der Waals surface area contributed by atoms with Crippen LogP contribution in [0.2, 0.25) is 0 Å². The van der Waals surface area contributed by atoms with Crippen molar-refractivity contribution in [1.82, 2.24) is 20.0 Å². The quantitative estimate of drug-likeness (QED) is 0.806. The van der Waals surface area contributed by atoms with Gasteiger partial charge in [0.1, 0.15) is 5.69 Å². The summed E-state index contributed by atoms with van der Waals surface area (Å²) < 4.78 is 5.47. The molecule has 7 heteroatoms. The van der Waals surface area contributed by atoms with Crippen molar-refractivity contribution in [2.75, 3.05) is 32.8 Å². The minimum atomic E-state index is 0.00722. The van der Waals surface area contributed by atoms with Crippen LogP contribution in [-0.2, 0) is 9.53 Å². The van der Waals surface area contributed by atoms with Crippen LogP contribution in [-0.4, -0.2) is 70.7 Å². The van der Waals surface area contributed by atoms with E-state index in [2.05, 4.69) is 10.2 Å². The first-order valence-electron chi connectivity index (χ1n) is 9.94. The van der Waals surface area contributed by atoms with Gasteiger partial charge in [-0.1, -0.05) is 0 Å². The number of hydrogen-bond acceptors (Lipinski definition) is 4. The summed E-state index contributed by atoms with van der Waals surface area (Å²) in [6.07, 6.45) is 6.54. The van der Waals surface area contributed by atoms with Gasteiger partial charge in [0.05, 0.1) is 0 Å². The van der Waals surface area contributed by atoms with Gasteiger partial charge in [0, 0.05) is 56.9 Å². The fourth-order valence-electron chi connectivity index (χ4n) is 4.02. The molecule has 3 fully saturated rings. The summed E-state index contributed by atoms with van der Waals surface area (Å²) >= 11 is 0. The molecule has 26 heavy (non-hydrogen) atoms.